The van der Waals surface area contributed by atoms with Gasteiger partial charge in [-0.1, -0.05) is 54.1 Å². The van der Waals surface area contributed by atoms with Crippen LogP contribution in [-0.4, -0.2) is 21.9 Å². The van der Waals surface area contributed by atoms with Gasteiger partial charge >= 0.3 is 0 Å². The van der Waals surface area contributed by atoms with Gasteiger partial charge in [-0.2, -0.15) is 0 Å². The first-order chi connectivity index (χ1) is 13.0. The lowest BCUT2D eigenvalue weighted by molar-refractivity contribution is 0.102. The van der Waals surface area contributed by atoms with Gasteiger partial charge in [-0.3, -0.25) is 4.79 Å². The molecule has 0 spiro atoms. The van der Waals surface area contributed by atoms with Gasteiger partial charge in [-0.05, 0) is 31.5 Å². The summed E-state index contributed by atoms with van der Waals surface area (Å²) < 4.78 is 0. The number of benzene rings is 2. The van der Waals surface area contributed by atoms with E-state index >= 15 is 0 Å². The molecule has 3 rings (SSSR count). The molecule has 138 valence electrons. The second kappa shape index (κ2) is 8.64. The molecule has 0 aliphatic rings. The molecule has 0 saturated carbocycles. The minimum atomic E-state index is -0.297. The van der Waals surface area contributed by atoms with Crippen molar-refractivity contribution < 1.29 is 4.79 Å². The summed E-state index contributed by atoms with van der Waals surface area (Å²) in [5.41, 5.74) is 2.11. The van der Waals surface area contributed by atoms with Gasteiger partial charge in [0.15, 0.2) is 0 Å². The molecule has 0 bridgehead atoms. The first-order valence-electron chi connectivity index (χ1n) is 8.73. The largest absolute Gasteiger partial charge is 0.334 e. The Morgan fingerprint density at radius 3 is 2.30 bits per heavy atom. The van der Waals surface area contributed by atoms with Crippen LogP contribution in [0.2, 0.25) is 5.02 Å². The van der Waals surface area contributed by atoms with Crippen molar-refractivity contribution in [3.05, 3.63) is 83.1 Å². The number of hydrogen-bond donors (Lipinski definition) is 1. The Hall–Kier alpha value is -2.92. The topological polar surface area (TPSA) is 58.1 Å². The Bertz CT molecular complexity index is 898. The fourth-order valence-corrected chi connectivity index (χ4v) is 2.79. The highest BCUT2D eigenvalue weighted by molar-refractivity contribution is 6.33. The van der Waals surface area contributed by atoms with E-state index in [0.29, 0.717) is 28.8 Å². The van der Waals surface area contributed by atoms with Gasteiger partial charge in [-0.25, -0.2) is 9.97 Å². The van der Waals surface area contributed by atoms with Crippen LogP contribution in [0.4, 0.5) is 11.6 Å². The maximum absolute atomic E-state index is 12.4. The summed E-state index contributed by atoms with van der Waals surface area (Å²) in [7, 11) is 0. The predicted molar refractivity (Wildman–Crippen MR) is 109 cm³/mol. The minimum absolute atomic E-state index is 0.216. The molecular formula is C21H21ClN4O. The highest BCUT2D eigenvalue weighted by Gasteiger charge is 2.16. The normalized spacial score (nSPS) is 10.7. The smallest absolute Gasteiger partial charge is 0.258 e. The lowest BCUT2D eigenvalue weighted by atomic mass is 10.2. The molecule has 0 saturated heterocycles. The summed E-state index contributed by atoms with van der Waals surface area (Å²) in [6.45, 7) is 4.87. The van der Waals surface area contributed by atoms with Gasteiger partial charge < -0.3 is 10.2 Å². The Labute approximate surface area is 164 Å². The van der Waals surface area contributed by atoms with Gasteiger partial charge in [0.25, 0.3) is 5.91 Å². The lowest BCUT2D eigenvalue weighted by Crippen LogP contribution is -2.31. The van der Waals surface area contributed by atoms with Gasteiger partial charge in [-0.15, -0.1) is 0 Å². The maximum atomic E-state index is 12.4. The number of aromatic nitrogens is 2. The molecule has 27 heavy (non-hydrogen) atoms. The fraction of sp³-hybridized carbons (Fsp3) is 0.190. The quantitative estimate of drug-likeness (QED) is 0.667. The van der Waals surface area contributed by atoms with Crippen molar-refractivity contribution in [2.75, 3.05) is 10.2 Å². The summed E-state index contributed by atoms with van der Waals surface area (Å²) in [5.74, 6) is 0.289. The third-order valence-electron chi connectivity index (χ3n) is 4.10. The fourth-order valence-electron chi connectivity index (χ4n) is 2.61. The molecule has 1 aromatic heterocycles. The Morgan fingerprint density at radius 1 is 1.04 bits per heavy atom. The number of hydrogen-bond acceptors (Lipinski definition) is 4. The Morgan fingerprint density at radius 2 is 1.67 bits per heavy atom. The van der Waals surface area contributed by atoms with Gasteiger partial charge in [0, 0.05) is 25.0 Å². The zero-order valence-electron chi connectivity index (χ0n) is 15.3. The average molecular weight is 381 g/mol. The zero-order chi connectivity index (χ0) is 19.2. The van der Waals surface area contributed by atoms with E-state index in [-0.39, 0.29) is 11.9 Å². The first kappa shape index (κ1) is 18.9. The summed E-state index contributed by atoms with van der Waals surface area (Å²) in [6, 6.07) is 17.5. The van der Waals surface area contributed by atoms with Crippen LogP contribution >= 0.6 is 11.6 Å². The number of carbonyl (C=O) groups is 1. The number of carbonyl (C=O) groups excluding carboxylic acids is 1. The van der Waals surface area contributed by atoms with Crippen LogP contribution in [-0.2, 0) is 6.54 Å². The van der Waals surface area contributed by atoms with Crippen molar-refractivity contribution in [2.24, 2.45) is 0 Å². The molecule has 0 fully saturated rings. The van der Waals surface area contributed by atoms with Gasteiger partial charge in [0.2, 0.25) is 5.95 Å². The number of anilines is 2. The standard InChI is InChI=1S/C21H21ClN4O/c1-15(2)26(14-16-8-4-3-5-9-16)21-23-12-17(13-24-21)20(27)25-19-11-7-6-10-18(19)22/h3-13,15H,14H2,1-2H3,(H,25,27). The molecule has 0 aliphatic heterocycles. The van der Waals surface area contributed by atoms with E-state index < -0.39 is 0 Å². The molecule has 0 radical (unpaired) electrons. The zero-order valence-corrected chi connectivity index (χ0v) is 16.0. The van der Waals surface area contributed by atoms with Gasteiger partial charge in [0.05, 0.1) is 16.3 Å². The van der Waals surface area contributed by atoms with Crippen molar-refractivity contribution in [1.82, 2.24) is 9.97 Å². The summed E-state index contributed by atoms with van der Waals surface area (Å²) in [6.07, 6.45) is 3.07. The van der Waals surface area contributed by atoms with Crippen LogP contribution in [0.5, 0.6) is 0 Å². The Kier molecular flexibility index (Phi) is 6.04. The molecule has 1 amide bonds. The number of nitrogens with zero attached hydrogens (tertiary/aromatic N) is 3. The molecule has 1 N–H and O–H groups in total. The van der Waals surface area contributed by atoms with Crippen LogP contribution < -0.4 is 10.2 Å². The van der Waals surface area contributed by atoms with E-state index in [0.717, 1.165) is 0 Å². The minimum Gasteiger partial charge on any atom is -0.334 e. The van der Waals surface area contributed by atoms with Crippen LogP contribution in [0, 0.1) is 0 Å². The van der Waals surface area contributed by atoms with Crippen LogP contribution in [0.3, 0.4) is 0 Å². The monoisotopic (exact) mass is 380 g/mol. The summed E-state index contributed by atoms with van der Waals surface area (Å²) in [5, 5.41) is 3.26. The van der Waals surface area contributed by atoms with Crippen molar-refractivity contribution in [3.63, 3.8) is 0 Å². The third-order valence-corrected chi connectivity index (χ3v) is 4.43. The third kappa shape index (κ3) is 4.83. The van der Waals surface area contributed by atoms with E-state index in [1.165, 1.54) is 18.0 Å². The Balaban J connectivity index is 1.74. The predicted octanol–water partition coefficient (Wildman–Crippen LogP) is 4.80. The average Bonchev–Trinajstić information content (AvgIpc) is 2.68. The van der Waals surface area contributed by atoms with Gasteiger partial charge in [0.1, 0.15) is 0 Å². The number of amides is 1. The van der Waals surface area contributed by atoms with E-state index in [4.69, 9.17) is 11.6 Å². The van der Waals surface area contributed by atoms with Crippen LogP contribution in [0.15, 0.2) is 67.0 Å². The molecule has 6 heteroatoms. The van der Waals surface area contributed by atoms with Crippen molar-refractivity contribution in [2.45, 2.75) is 26.4 Å². The SMILES string of the molecule is CC(C)N(Cc1ccccc1)c1ncc(C(=O)Nc2ccccc2Cl)cn1. The second-order valence-electron chi connectivity index (χ2n) is 6.41. The van der Waals surface area contributed by atoms with Crippen molar-refractivity contribution in [1.29, 1.82) is 0 Å². The second-order valence-corrected chi connectivity index (χ2v) is 6.82. The van der Waals surface area contributed by atoms with E-state index in [9.17, 15) is 4.79 Å². The molecule has 1 heterocycles. The molecule has 0 atom stereocenters. The van der Waals surface area contributed by atoms with Crippen LogP contribution in [0.1, 0.15) is 29.8 Å². The highest BCUT2D eigenvalue weighted by atomic mass is 35.5. The first-order valence-corrected chi connectivity index (χ1v) is 9.11. The van der Waals surface area contributed by atoms with E-state index in [1.54, 1.807) is 12.1 Å². The van der Waals surface area contributed by atoms with Crippen LogP contribution in [0.25, 0.3) is 0 Å². The van der Waals surface area contributed by atoms with Crippen molar-refractivity contribution in [3.8, 4) is 0 Å². The number of nitrogens with one attached hydrogen (secondary N) is 1. The maximum Gasteiger partial charge on any atom is 0.258 e. The molecule has 0 aliphatic carbocycles. The van der Waals surface area contributed by atoms with E-state index in [1.807, 2.05) is 30.3 Å². The molecule has 5 nitrogen and oxygen atoms in total. The number of rotatable bonds is 6. The molecule has 3 aromatic rings. The number of para-hydroxylation sites is 1. The summed E-state index contributed by atoms with van der Waals surface area (Å²) in [4.78, 5) is 23.3. The summed E-state index contributed by atoms with van der Waals surface area (Å²) >= 11 is 6.08. The molecule has 2 aromatic carbocycles. The molecular weight excluding hydrogens is 360 g/mol. The molecule has 0 unspecified atom stereocenters. The lowest BCUT2D eigenvalue weighted by Gasteiger charge is -2.26. The highest BCUT2D eigenvalue weighted by Crippen LogP contribution is 2.21. The van der Waals surface area contributed by atoms with E-state index in [2.05, 4.69) is 46.2 Å². The van der Waals surface area contributed by atoms with Crippen molar-refractivity contribution >= 4 is 29.1 Å². The number of halogens is 1.